The molecule has 0 spiro atoms. The third-order valence-corrected chi connectivity index (χ3v) is 6.19. The Morgan fingerprint density at radius 3 is 3.08 bits per heavy atom. The van der Waals surface area contributed by atoms with Crippen LogP contribution in [0.5, 0.6) is 0 Å². The number of thioether (sulfide) groups is 1. The second-order valence-corrected chi connectivity index (χ2v) is 8.77. The summed E-state index contributed by atoms with van der Waals surface area (Å²) in [7, 11) is 0. The molecular formula is C18H21N3O3S2. The number of fused-ring (bicyclic) bond motifs is 1. The molecule has 1 saturated heterocycles. The average Bonchev–Trinajstić information content (AvgIpc) is 3.25. The molecule has 26 heavy (non-hydrogen) atoms. The first kappa shape index (κ1) is 18.7. The monoisotopic (exact) mass is 391 g/mol. The molecule has 2 aromatic rings. The van der Waals surface area contributed by atoms with Crippen LogP contribution < -0.4 is 0 Å². The number of likely N-dealkylation sites (tertiary alicyclic amines) is 1. The highest BCUT2D eigenvalue weighted by molar-refractivity contribution is 8.14. The summed E-state index contributed by atoms with van der Waals surface area (Å²) in [6.07, 6.45) is 9.57. The van der Waals surface area contributed by atoms with Crippen LogP contribution in [0.4, 0.5) is 4.79 Å². The van der Waals surface area contributed by atoms with Gasteiger partial charge in [0.1, 0.15) is 17.8 Å². The second-order valence-electron chi connectivity index (χ2n) is 6.06. The summed E-state index contributed by atoms with van der Waals surface area (Å²) >= 11 is 2.96. The van der Waals surface area contributed by atoms with Gasteiger partial charge in [-0.15, -0.1) is 11.3 Å². The van der Waals surface area contributed by atoms with Crippen molar-refractivity contribution in [1.82, 2.24) is 14.3 Å². The molecule has 2 aromatic heterocycles. The number of carbonyl (C=O) groups excluding carboxylic acids is 2. The molecule has 0 bridgehead atoms. The zero-order chi connectivity index (χ0) is 18.7. The minimum atomic E-state index is -0.374. The summed E-state index contributed by atoms with van der Waals surface area (Å²) in [5, 5.41) is 0.142. The molecule has 1 amide bonds. The van der Waals surface area contributed by atoms with Crippen LogP contribution >= 0.6 is 23.1 Å². The van der Waals surface area contributed by atoms with Crippen molar-refractivity contribution >= 4 is 45.2 Å². The lowest BCUT2D eigenvalue weighted by Gasteiger charge is -2.21. The van der Waals surface area contributed by atoms with Crippen molar-refractivity contribution in [2.75, 3.05) is 13.2 Å². The number of hydrogen-bond acceptors (Lipinski definition) is 6. The van der Waals surface area contributed by atoms with Crippen LogP contribution in [0.25, 0.3) is 10.9 Å². The number of nitrogens with zero attached hydrogens (tertiary/aromatic N) is 3. The highest BCUT2D eigenvalue weighted by Gasteiger charge is 2.35. The van der Waals surface area contributed by atoms with Crippen molar-refractivity contribution in [1.29, 1.82) is 0 Å². The van der Waals surface area contributed by atoms with Gasteiger partial charge in [0.25, 0.3) is 0 Å². The lowest BCUT2D eigenvalue weighted by atomic mass is 10.2. The maximum atomic E-state index is 12.4. The van der Waals surface area contributed by atoms with E-state index >= 15 is 0 Å². The van der Waals surface area contributed by atoms with Gasteiger partial charge in [-0.2, -0.15) is 0 Å². The van der Waals surface area contributed by atoms with Gasteiger partial charge in [0, 0.05) is 23.6 Å². The van der Waals surface area contributed by atoms with E-state index in [1.165, 1.54) is 16.6 Å². The molecule has 0 radical (unpaired) electrons. The van der Waals surface area contributed by atoms with Crippen molar-refractivity contribution in [2.24, 2.45) is 0 Å². The number of ether oxygens (including phenoxy) is 1. The number of amides is 1. The summed E-state index contributed by atoms with van der Waals surface area (Å²) in [5.74, 6) is 0. The molecule has 3 rings (SSSR count). The van der Waals surface area contributed by atoms with E-state index in [1.54, 1.807) is 35.6 Å². The number of rotatable bonds is 5. The zero-order valence-corrected chi connectivity index (χ0v) is 16.4. The van der Waals surface area contributed by atoms with E-state index < -0.39 is 0 Å². The fourth-order valence-corrected chi connectivity index (χ4v) is 5.01. The average molecular weight is 392 g/mol. The predicted molar refractivity (Wildman–Crippen MR) is 106 cm³/mol. The SMILES string of the molecule is C=CCOC(=O)N1C[C@@H](SC(C)=O)C[C@H]1/C=C/c1c(C)sc2cncn12. The summed E-state index contributed by atoms with van der Waals surface area (Å²) in [5.41, 5.74) is 1.06. The van der Waals surface area contributed by atoms with Crippen LogP contribution in [0, 0.1) is 6.92 Å². The smallest absolute Gasteiger partial charge is 0.410 e. The van der Waals surface area contributed by atoms with Gasteiger partial charge in [0.15, 0.2) is 5.12 Å². The molecule has 0 aromatic carbocycles. The zero-order valence-electron chi connectivity index (χ0n) is 14.8. The topological polar surface area (TPSA) is 63.9 Å². The van der Waals surface area contributed by atoms with Crippen molar-refractivity contribution in [3.8, 4) is 0 Å². The molecule has 0 N–H and O–H groups in total. The Kier molecular flexibility index (Phi) is 5.83. The highest BCUT2D eigenvalue weighted by atomic mass is 32.2. The van der Waals surface area contributed by atoms with E-state index in [2.05, 4.69) is 18.5 Å². The minimum Gasteiger partial charge on any atom is -0.445 e. The van der Waals surface area contributed by atoms with Gasteiger partial charge in [-0.1, -0.05) is 30.5 Å². The van der Waals surface area contributed by atoms with Gasteiger partial charge in [0.2, 0.25) is 0 Å². The lowest BCUT2D eigenvalue weighted by Crippen LogP contribution is -2.35. The minimum absolute atomic E-state index is 0.0628. The fourth-order valence-electron chi connectivity index (χ4n) is 3.07. The van der Waals surface area contributed by atoms with Crippen molar-refractivity contribution < 1.29 is 14.3 Å². The first-order chi connectivity index (χ1) is 12.5. The third-order valence-electron chi connectivity index (χ3n) is 4.16. The van der Waals surface area contributed by atoms with Gasteiger partial charge in [-0.3, -0.25) is 9.20 Å². The van der Waals surface area contributed by atoms with Gasteiger partial charge < -0.3 is 9.64 Å². The van der Waals surface area contributed by atoms with Gasteiger partial charge in [0.05, 0.1) is 17.9 Å². The largest absolute Gasteiger partial charge is 0.445 e. The highest BCUT2D eigenvalue weighted by Crippen LogP contribution is 2.30. The van der Waals surface area contributed by atoms with Crippen molar-refractivity contribution in [3.05, 3.63) is 41.8 Å². The van der Waals surface area contributed by atoms with Crippen LogP contribution in [-0.4, -0.2) is 49.9 Å². The maximum Gasteiger partial charge on any atom is 0.410 e. The summed E-state index contributed by atoms with van der Waals surface area (Å²) in [4.78, 5) is 31.9. The summed E-state index contributed by atoms with van der Waals surface area (Å²) in [6.45, 7) is 7.86. The molecular weight excluding hydrogens is 370 g/mol. The molecule has 1 fully saturated rings. The van der Waals surface area contributed by atoms with Gasteiger partial charge in [-0.05, 0) is 19.4 Å². The standard InChI is InChI=1S/C18H21N3O3S2/c1-4-7-24-18(23)20-10-15(26-13(3)22)8-14(20)5-6-16-12(2)25-17-9-19-11-21(16)17/h4-6,9,11,14-15H,1,7-8,10H2,2-3H3/b6-5+/t14-,15+/m1/s1. The van der Waals surface area contributed by atoms with Crippen molar-refractivity contribution in [2.45, 2.75) is 31.6 Å². The Labute approximate surface area is 160 Å². The molecule has 0 aliphatic carbocycles. The molecule has 1 aliphatic rings. The molecule has 3 heterocycles. The Balaban J connectivity index is 1.80. The molecule has 0 saturated carbocycles. The Hall–Kier alpha value is -2.06. The first-order valence-corrected chi connectivity index (χ1v) is 10.0. The molecule has 138 valence electrons. The Morgan fingerprint density at radius 2 is 2.35 bits per heavy atom. The molecule has 1 aliphatic heterocycles. The molecule has 6 nitrogen and oxygen atoms in total. The number of thiazole rings is 1. The van der Waals surface area contributed by atoms with Gasteiger partial charge in [-0.25, -0.2) is 9.78 Å². The molecule has 8 heteroatoms. The van der Waals surface area contributed by atoms with Crippen LogP contribution in [0.15, 0.2) is 31.3 Å². The normalized spacial score (nSPS) is 20.2. The quantitative estimate of drug-likeness (QED) is 0.726. The van der Waals surface area contributed by atoms with E-state index in [-0.39, 0.29) is 29.1 Å². The van der Waals surface area contributed by atoms with E-state index in [0.717, 1.165) is 16.9 Å². The number of aromatic nitrogens is 2. The number of aryl methyl sites for hydroxylation is 1. The first-order valence-electron chi connectivity index (χ1n) is 8.30. The van der Waals surface area contributed by atoms with Crippen molar-refractivity contribution in [3.63, 3.8) is 0 Å². The molecule has 2 atom stereocenters. The number of carbonyl (C=O) groups is 2. The molecule has 0 unspecified atom stereocenters. The van der Waals surface area contributed by atoms with E-state index in [0.29, 0.717) is 6.54 Å². The van der Waals surface area contributed by atoms with Crippen LogP contribution in [-0.2, 0) is 9.53 Å². The van der Waals surface area contributed by atoms with E-state index in [4.69, 9.17) is 4.74 Å². The maximum absolute atomic E-state index is 12.4. The van der Waals surface area contributed by atoms with Crippen LogP contribution in [0.1, 0.15) is 23.9 Å². The second kappa shape index (κ2) is 8.09. The van der Waals surface area contributed by atoms with Gasteiger partial charge >= 0.3 is 6.09 Å². The van der Waals surface area contributed by atoms with Crippen LogP contribution in [0.2, 0.25) is 0 Å². The number of imidazole rings is 1. The lowest BCUT2D eigenvalue weighted by molar-refractivity contribution is -0.109. The van der Waals surface area contributed by atoms with Crippen LogP contribution in [0.3, 0.4) is 0 Å². The summed E-state index contributed by atoms with van der Waals surface area (Å²) < 4.78 is 7.24. The Bertz CT molecular complexity index is 855. The van der Waals surface area contributed by atoms with E-state index in [9.17, 15) is 9.59 Å². The Morgan fingerprint density at radius 1 is 1.54 bits per heavy atom. The summed E-state index contributed by atoms with van der Waals surface area (Å²) in [6, 6.07) is -0.109. The van der Waals surface area contributed by atoms with E-state index in [1.807, 2.05) is 22.7 Å². The predicted octanol–water partition coefficient (Wildman–Crippen LogP) is 3.76. The fraction of sp³-hybridized carbons (Fsp3) is 0.389. The third kappa shape index (κ3) is 4.02. The number of hydrogen-bond donors (Lipinski definition) is 0.